The largest absolute Gasteiger partial charge is 0.356 e. The summed E-state index contributed by atoms with van der Waals surface area (Å²) in [7, 11) is 4.10. The molecule has 0 fully saturated rings. The Labute approximate surface area is 107 Å². The Balaban J connectivity index is 4.29. The standard InChI is InChI=1S/C14H30N2O/c1-8-14(5,13(2,3)4)12(17)15-10-9-11-16(6)7/h8-11H2,1-7H3,(H,15,17). The number of amides is 1. The number of carbonyl (C=O) groups is 1. The maximum Gasteiger partial charge on any atom is 0.226 e. The highest BCUT2D eigenvalue weighted by Gasteiger charge is 2.42. The molecule has 0 aromatic heterocycles. The molecule has 1 N–H and O–H groups in total. The van der Waals surface area contributed by atoms with Gasteiger partial charge < -0.3 is 10.2 Å². The lowest BCUT2D eigenvalue weighted by molar-refractivity contribution is -0.136. The van der Waals surface area contributed by atoms with Crippen molar-refractivity contribution < 1.29 is 4.79 Å². The van der Waals surface area contributed by atoms with Gasteiger partial charge in [-0.3, -0.25) is 4.79 Å². The van der Waals surface area contributed by atoms with E-state index in [1.807, 2.05) is 14.1 Å². The van der Waals surface area contributed by atoms with Crippen molar-refractivity contribution >= 4 is 5.91 Å². The second kappa shape index (κ2) is 6.39. The molecule has 0 aromatic carbocycles. The fourth-order valence-corrected chi connectivity index (χ4v) is 1.82. The van der Waals surface area contributed by atoms with Gasteiger partial charge in [0.2, 0.25) is 5.91 Å². The Bertz CT molecular complexity index is 243. The molecule has 0 spiro atoms. The highest BCUT2D eigenvalue weighted by atomic mass is 16.2. The monoisotopic (exact) mass is 242 g/mol. The second-order valence-corrected chi connectivity index (χ2v) is 6.35. The van der Waals surface area contributed by atoms with E-state index in [0.717, 1.165) is 25.9 Å². The number of nitrogens with zero attached hydrogens (tertiary/aromatic N) is 1. The van der Waals surface area contributed by atoms with Crippen LogP contribution in [0.25, 0.3) is 0 Å². The van der Waals surface area contributed by atoms with Gasteiger partial charge in [-0.05, 0) is 38.9 Å². The third-order valence-corrected chi connectivity index (χ3v) is 3.93. The molecule has 0 aliphatic rings. The van der Waals surface area contributed by atoms with Crippen LogP contribution in [0, 0.1) is 10.8 Å². The summed E-state index contributed by atoms with van der Waals surface area (Å²) in [5.41, 5.74) is -0.293. The van der Waals surface area contributed by atoms with Gasteiger partial charge in [-0.1, -0.05) is 34.6 Å². The Morgan fingerprint density at radius 2 is 1.71 bits per heavy atom. The van der Waals surface area contributed by atoms with E-state index in [1.165, 1.54) is 0 Å². The van der Waals surface area contributed by atoms with Crippen LogP contribution in [0.5, 0.6) is 0 Å². The lowest BCUT2D eigenvalue weighted by Gasteiger charge is -2.39. The highest BCUT2D eigenvalue weighted by molar-refractivity contribution is 5.82. The molecule has 0 heterocycles. The summed E-state index contributed by atoms with van der Waals surface area (Å²) in [4.78, 5) is 14.4. The van der Waals surface area contributed by atoms with Crippen LogP contribution in [0.3, 0.4) is 0 Å². The van der Waals surface area contributed by atoms with Crippen molar-refractivity contribution in [2.75, 3.05) is 27.2 Å². The fourth-order valence-electron chi connectivity index (χ4n) is 1.82. The van der Waals surface area contributed by atoms with Crippen LogP contribution in [0.1, 0.15) is 47.5 Å². The maximum atomic E-state index is 12.3. The van der Waals surface area contributed by atoms with Crippen LogP contribution in [0.15, 0.2) is 0 Å². The first kappa shape index (κ1) is 16.4. The average Bonchev–Trinajstić information content (AvgIpc) is 2.20. The summed E-state index contributed by atoms with van der Waals surface area (Å²) >= 11 is 0. The van der Waals surface area contributed by atoms with Gasteiger partial charge in [0.15, 0.2) is 0 Å². The molecule has 0 saturated carbocycles. The molecule has 0 bridgehead atoms. The minimum Gasteiger partial charge on any atom is -0.356 e. The van der Waals surface area contributed by atoms with Gasteiger partial charge in [0.1, 0.15) is 0 Å². The number of hydrogen-bond acceptors (Lipinski definition) is 2. The topological polar surface area (TPSA) is 32.3 Å². The van der Waals surface area contributed by atoms with Crippen molar-refractivity contribution in [3.05, 3.63) is 0 Å². The van der Waals surface area contributed by atoms with Gasteiger partial charge in [0, 0.05) is 6.54 Å². The van der Waals surface area contributed by atoms with Crippen molar-refractivity contribution in [1.29, 1.82) is 0 Å². The van der Waals surface area contributed by atoms with Crippen LogP contribution >= 0.6 is 0 Å². The lowest BCUT2D eigenvalue weighted by Crippen LogP contribution is -2.47. The normalized spacial score (nSPS) is 15.8. The molecule has 0 aliphatic heterocycles. The molecule has 102 valence electrons. The molecule has 3 heteroatoms. The molecule has 0 saturated heterocycles. The predicted octanol–water partition coefficient (Wildman–Crippen LogP) is 2.52. The lowest BCUT2D eigenvalue weighted by atomic mass is 9.65. The molecule has 0 radical (unpaired) electrons. The van der Waals surface area contributed by atoms with Crippen LogP contribution in [0.2, 0.25) is 0 Å². The Hall–Kier alpha value is -0.570. The van der Waals surface area contributed by atoms with E-state index in [4.69, 9.17) is 0 Å². The predicted molar refractivity (Wildman–Crippen MR) is 74.0 cm³/mol. The van der Waals surface area contributed by atoms with E-state index < -0.39 is 0 Å². The van der Waals surface area contributed by atoms with E-state index in [-0.39, 0.29) is 16.7 Å². The molecule has 0 aromatic rings. The van der Waals surface area contributed by atoms with E-state index in [9.17, 15) is 4.79 Å². The van der Waals surface area contributed by atoms with Gasteiger partial charge in [-0.25, -0.2) is 0 Å². The van der Waals surface area contributed by atoms with Crippen LogP contribution < -0.4 is 5.32 Å². The highest BCUT2D eigenvalue weighted by Crippen LogP contribution is 2.41. The summed E-state index contributed by atoms with van der Waals surface area (Å²) in [5, 5.41) is 3.07. The third-order valence-electron chi connectivity index (χ3n) is 3.93. The molecule has 1 atom stereocenters. The zero-order valence-electron chi connectivity index (χ0n) is 12.7. The van der Waals surface area contributed by atoms with Gasteiger partial charge in [-0.2, -0.15) is 0 Å². The molecule has 1 amide bonds. The quantitative estimate of drug-likeness (QED) is 0.726. The first-order chi connectivity index (χ1) is 7.65. The zero-order valence-corrected chi connectivity index (χ0v) is 12.7. The van der Waals surface area contributed by atoms with Gasteiger partial charge in [0.25, 0.3) is 0 Å². The number of carbonyl (C=O) groups excluding carboxylic acids is 1. The SMILES string of the molecule is CCC(C)(C(=O)NCCCN(C)C)C(C)(C)C. The molecule has 0 aliphatic carbocycles. The summed E-state index contributed by atoms with van der Waals surface area (Å²) in [6, 6.07) is 0. The maximum absolute atomic E-state index is 12.3. The number of rotatable bonds is 6. The third kappa shape index (κ3) is 4.66. The Morgan fingerprint density at radius 1 is 1.18 bits per heavy atom. The van der Waals surface area contributed by atoms with Gasteiger partial charge >= 0.3 is 0 Å². The molecule has 17 heavy (non-hydrogen) atoms. The molecular weight excluding hydrogens is 212 g/mol. The van der Waals surface area contributed by atoms with E-state index >= 15 is 0 Å². The Morgan fingerprint density at radius 3 is 2.06 bits per heavy atom. The first-order valence-electron chi connectivity index (χ1n) is 6.58. The minimum absolute atomic E-state index is 0.00657. The van der Waals surface area contributed by atoms with Crippen LogP contribution in [0.4, 0.5) is 0 Å². The Kier molecular flexibility index (Phi) is 6.17. The summed E-state index contributed by atoms with van der Waals surface area (Å²) in [6.45, 7) is 12.3. The number of nitrogens with one attached hydrogen (secondary N) is 1. The fraction of sp³-hybridized carbons (Fsp3) is 0.929. The van der Waals surface area contributed by atoms with Crippen LogP contribution in [-0.2, 0) is 4.79 Å². The van der Waals surface area contributed by atoms with E-state index in [2.05, 4.69) is 44.8 Å². The van der Waals surface area contributed by atoms with E-state index in [1.54, 1.807) is 0 Å². The van der Waals surface area contributed by atoms with Crippen molar-refractivity contribution in [2.45, 2.75) is 47.5 Å². The van der Waals surface area contributed by atoms with Crippen molar-refractivity contribution in [2.24, 2.45) is 10.8 Å². The summed E-state index contributed by atoms with van der Waals surface area (Å²) < 4.78 is 0. The van der Waals surface area contributed by atoms with Crippen molar-refractivity contribution in [3.63, 3.8) is 0 Å². The van der Waals surface area contributed by atoms with Crippen LogP contribution in [-0.4, -0.2) is 38.0 Å². The van der Waals surface area contributed by atoms with Gasteiger partial charge in [0.05, 0.1) is 5.41 Å². The average molecular weight is 242 g/mol. The van der Waals surface area contributed by atoms with Gasteiger partial charge in [-0.15, -0.1) is 0 Å². The molecule has 3 nitrogen and oxygen atoms in total. The zero-order chi connectivity index (χ0) is 13.7. The van der Waals surface area contributed by atoms with Crippen molar-refractivity contribution in [1.82, 2.24) is 10.2 Å². The van der Waals surface area contributed by atoms with E-state index in [0.29, 0.717) is 0 Å². The first-order valence-corrected chi connectivity index (χ1v) is 6.58. The summed E-state index contributed by atoms with van der Waals surface area (Å²) in [5.74, 6) is 0.186. The molecular formula is C14H30N2O. The second-order valence-electron chi connectivity index (χ2n) is 6.35. The molecule has 1 unspecified atom stereocenters. The smallest absolute Gasteiger partial charge is 0.226 e. The molecule has 0 rings (SSSR count). The number of hydrogen-bond donors (Lipinski definition) is 1. The van der Waals surface area contributed by atoms with Crippen molar-refractivity contribution in [3.8, 4) is 0 Å². The summed E-state index contributed by atoms with van der Waals surface area (Å²) in [6.07, 6.45) is 1.87. The minimum atomic E-state index is -0.287.